The number of aryl methyl sites for hydroxylation is 1. The minimum absolute atomic E-state index is 0.0949. The molecule has 3 fully saturated rings. The summed E-state index contributed by atoms with van der Waals surface area (Å²) in [5.74, 6) is 2.29. The lowest BCUT2D eigenvalue weighted by atomic mass is 9.83. The molecule has 0 unspecified atom stereocenters. The van der Waals surface area contributed by atoms with Gasteiger partial charge in [-0.25, -0.2) is 8.42 Å². The Labute approximate surface area is 167 Å². The van der Waals surface area contributed by atoms with Crippen LogP contribution in [0.3, 0.4) is 0 Å². The van der Waals surface area contributed by atoms with Crippen molar-refractivity contribution < 1.29 is 13.2 Å². The molecule has 0 spiro atoms. The van der Waals surface area contributed by atoms with E-state index in [1.54, 1.807) is 18.7 Å². The minimum atomic E-state index is -3.54. The lowest BCUT2D eigenvalue weighted by Crippen LogP contribution is -2.47. The van der Waals surface area contributed by atoms with E-state index in [1.165, 1.54) is 36.2 Å². The number of sulfonamides is 1. The Morgan fingerprint density at radius 1 is 1.21 bits per heavy atom. The molecule has 1 aliphatic heterocycles. The average Bonchev–Trinajstić information content (AvgIpc) is 3.39. The number of carbonyl (C=O) groups is 1. The molecule has 4 atom stereocenters. The molecule has 1 N–H and O–H groups in total. The Bertz CT molecular complexity index is 842. The van der Waals surface area contributed by atoms with E-state index in [0.29, 0.717) is 37.5 Å². The van der Waals surface area contributed by atoms with Crippen molar-refractivity contribution in [3.63, 3.8) is 0 Å². The van der Waals surface area contributed by atoms with Gasteiger partial charge in [-0.2, -0.15) is 9.40 Å². The number of aromatic nitrogens is 2. The van der Waals surface area contributed by atoms with Gasteiger partial charge in [0.25, 0.3) is 0 Å². The summed E-state index contributed by atoms with van der Waals surface area (Å²) in [6.45, 7) is 4.68. The fourth-order valence-electron chi connectivity index (χ4n) is 5.58. The topological polar surface area (TPSA) is 84.3 Å². The van der Waals surface area contributed by atoms with Crippen molar-refractivity contribution in [2.45, 2.75) is 63.3 Å². The Morgan fingerprint density at radius 2 is 1.93 bits per heavy atom. The van der Waals surface area contributed by atoms with Crippen LogP contribution in [-0.4, -0.2) is 47.5 Å². The van der Waals surface area contributed by atoms with Gasteiger partial charge >= 0.3 is 0 Å². The van der Waals surface area contributed by atoms with Crippen molar-refractivity contribution >= 4 is 15.9 Å². The number of hydrogen-bond donors (Lipinski definition) is 1. The van der Waals surface area contributed by atoms with Gasteiger partial charge in [0, 0.05) is 32.1 Å². The molecule has 2 heterocycles. The SMILES string of the molecule is Cc1c(S(=O)(=O)N2CCC(C(=O)N[C@H](C)[C@@H]3C[C@H]4CC[C@H]3C4)CC2)cnn1C. The standard InChI is InChI=1S/C20H32N4O3S/c1-13(18-11-15-4-5-17(18)10-15)22-20(25)16-6-8-24(9-7-16)28(26,27)19-12-21-23(3)14(19)2/h12-13,15-18H,4-11H2,1-3H3,(H,22,25)/t13-,15+,17+,18+/m1/s1. The molecule has 0 aromatic carbocycles. The summed E-state index contributed by atoms with van der Waals surface area (Å²) >= 11 is 0. The van der Waals surface area contributed by atoms with E-state index < -0.39 is 10.0 Å². The van der Waals surface area contributed by atoms with Crippen LogP contribution in [0.25, 0.3) is 0 Å². The first-order chi connectivity index (χ1) is 13.3. The van der Waals surface area contributed by atoms with Crippen LogP contribution in [0, 0.1) is 30.6 Å². The number of carbonyl (C=O) groups excluding carboxylic acids is 1. The van der Waals surface area contributed by atoms with E-state index >= 15 is 0 Å². The second kappa shape index (κ2) is 7.44. The number of rotatable bonds is 5. The zero-order valence-electron chi connectivity index (χ0n) is 17.1. The van der Waals surface area contributed by atoms with Crippen LogP contribution in [0.2, 0.25) is 0 Å². The molecule has 28 heavy (non-hydrogen) atoms. The van der Waals surface area contributed by atoms with Crippen molar-refractivity contribution in [1.82, 2.24) is 19.4 Å². The molecule has 3 aliphatic rings. The van der Waals surface area contributed by atoms with Crippen molar-refractivity contribution in [2.24, 2.45) is 30.7 Å². The van der Waals surface area contributed by atoms with E-state index in [0.717, 1.165) is 11.8 Å². The van der Waals surface area contributed by atoms with Gasteiger partial charge in [0.15, 0.2) is 0 Å². The van der Waals surface area contributed by atoms with Crippen molar-refractivity contribution in [3.05, 3.63) is 11.9 Å². The highest BCUT2D eigenvalue weighted by Gasteiger charge is 2.42. The zero-order valence-corrected chi connectivity index (χ0v) is 17.9. The summed E-state index contributed by atoms with van der Waals surface area (Å²) in [5.41, 5.74) is 0.638. The smallest absolute Gasteiger partial charge is 0.246 e. The van der Waals surface area contributed by atoms with Crippen molar-refractivity contribution in [1.29, 1.82) is 0 Å². The average molecular weight is 409 g/mol. The Kier molecular flexibility index (Phi) is 5.29. The van der Waals surface area contributed by atoms with Crippen molar-refractivity contribution in [3.8, 4) is 0 Å². The molecule has 1 saturated heterocycles. The van der Waals surface area contributed by atoms with Crippen LogP contribution < -0.4 is 5.32 Å². The van der Waals surface area contributed by atoms with Crippen LogP contribution in [0.5, 0.6) is 0 Å². The fourth-order valence-corrected chi connectivity index (χ4v) is 7.24. The molecule has 1 aromatic heterocycles. The molecule has 1 amide bonds. The van der Waals surface area contributed by atoms with Crippen molar-refractivity contribution in [2.75, 3.05) is 13.1 Å². The number of amides is 1. The zero-order chi connectivity index (χ0) is 20.1. The molecule has 0 radical (unpaired) electrons. The van der Waals surface area contributed by atoms with E-state index in [9.17, 15) is 13.2 Å². The normalized spacial score (nSPS) is 29.9. The number of piperidine rings is 1. The number of hydrogen-bond acceptors (Lipinski definition) is 4. The minimum Gasteiger partial charge on any atom is -0.353 e. The summed E-state index contributed by atoms with van der Waals surface area (Å²) in [6, 6.07) is 0.225. The molecule has 156 valence electrons. The predicted molar refractivity (Wildman–Crippen MR) is 106 cm³/mol. The molecular formula is C20H32N4O3S. The summed E-state index contributed by atoms with van der Waals surface area (Å²) in [4.78, 5) is 13.0. The van der Waals surface area contributed by atoms with E-state index in [4.69, 9.17) is 0 Å². The van der Waals surface area contributed by atoms with Gasteiger partial charge in [-0.05, 0) is 63.7 Å². The third kappa shape index (κ3) is 3.49. The van der Waals surface area contributed by atoms with Gasteiger partial charge in [0.05, 0.1) is 11.9 Å². The highest BCUT2D eigenvalue weighted by molar-refractivity contribution is 7.89. The molecule has 8 heteroatoms. The predicted octanol–water partition coefficient (Wildman–Crippen LogP) is 2.07. The summed E-state index contributed by atoms with van der Waals surface area (Å²) < 4.78 is 28.9. The van der Waals surface area contributed by atoms with Gasteiger partial charge in [-0.15, -0.1) is 0 Å². The molecule has 7 nitrogen and oxygen atoms in total. The third-order valence-corrected chi connectivity index (χ3v) is 9.44. The van der Waals surface area contributed by atoms with Crippen LogP contribution in [0.4, 0.5) is 0 Å². The molecule has 2 bridgehead atoms. The van der Waals surface area contributed by atoms with E-state index in [1.807, 2.05) is 0 Å². The van der Waals surface area contributed by atoms with Gasteiger partial charge in [0.1, 0.15) is 4.90 Å². The second-order valence-electron chi connectivity index (χ2n) is 9.03. The number of nitrogens with zero attached hydrogens (tertiary/aromatic N) is 3. The van der Waals surface area contributed by atoms with Crippen LogP contribution >= 0.6 is 0 Å². The molecular weight excluding hydrogens is 376 g/mol. The van der Waals surface area contributed by atoms with E-state index in [2.05, 4.69) is 17.3 Å². The first-order valence-electron chi connectivity index (χ1n) is 10.6. The van der Waals surface area contributed by atoms with Gasteiger partial charge in [-0.3, -0.25) is 9.48 Å². The second-order valence-corrected chi connectivity index (χ2v) is 10.9. The van der Waals surface area contributed by atoms with Gasteiger partial charge < -0.3 is 5.32 Å². The highest BCUT2D eigenvalue weighted by Crippen LogP contribution is 2.49. The van der Waals surface area contributed by atoms with Crippen LogP contribution in [-0.2, 0) is 21.9 Å². The van der Waals surface area contributed by atoms with Crippen LogP contribution in [0.1, 0.15) is 51.1 Å². The van der Waals surface area contributed by atoms with E-state index in [-0.39, 0.29) is 22.8 Å². The number of nitrogens with one attached hydrogen (secondary N) is 1. The summed E-state index contributed by atoms with van der Waals surface area (Å²) in [7, 11) is -1.81. The molecule has 1 aromatic rings. The van der Waals surface area contributed by atoms with Gasteiger partial charge in [0.2, 0.25) is 15.9 Å². The lowest BCUT2D eigenvalue weighted by molar-refractivity contribution is -0.127. The quantitative estimate of drug-likeness (QED) is 0.808. The monoisotopic (exact) mass is 408 g/mol. The maximum absolute atomic E-state index is 12.9. The fraction of sp³-hybridized carbons (Fsp3) is 0.800. The Morgan fingerprint density at radius 3 is 2.46 bits per heavy atom. The highest BCUT2D eigenvalue weighted by atomic mass is 32.2. The lowest BCUT2D eigenvalue weighted by Gasteiger charge is -2.33. The molecule has 2 aliphatic carbocycles. The first kappa shape index (κ1) is 19.9. The van der Waals surface area contributed by atoms with Gasteiger partial charge in [-0.1, -0.05) is 6.42 Å². The summed E-state index contributed by atoms with van der Waals surface area (Å²) in [6.07, 6.45) is 7.86. The Balaban J connectivity index is 1.32. The maximum Gasteiger partial charge on any atom is 0.246 e. The van der Waals surface area contributed by atoms with Crippen LogP contribution in [0.15, 0.2) is 11.1 Å². The number of fused-ring (bicyclic) bond motifs is 2. The third-order valence-electron chi connectivity index (χ3n) is 7.44. The summed E-state index contributed by atoms with van der Waals surface area (Å²) in [5, 5.41) is 7.31. The largest absolute Gasteiger partial charge is 0.353 e. The maximum atomic E-state index is 12.9. The molecule has 2 saturated carbocycles. The first-order valence-corrected chi connectivity index (χ1v) is 12.0. The molecule has 4 rings (SSSR count). The Hall–Kier alpha value is -1.41.